The molecule has 6 rings (SSSR count). The Morgan fingerprint density at radius 2 is 0.788 bits per heavy atom. The summed E-state index contributed by atoms with van der Waals surface area (Å²) in [7, 11) is 0. The third-order valence-corrected chi connectivity index (χ3v) is 23.4. The Kier molecular flexibility index (Phi) is 4.82. The van der Waals surface area contributed by atoms with Crippen LogP contribution < -0.4 is 14.0 Å². The van der Waals surface area contributed by atoms with E-state index in [1.807, 2.05) is 0 Å². The van der Waals surface area contributed by atoms with Crippen LogP contribution in [0.3, 0.4) is 0 Å². The molecule has 0 aromatic heterocycles. The average Bonchev–Trinajstić information content (AvgIpc) is 3.25. The van der Waals surface area contributed by atoms with Crippen LogP contribution in [0.4, 0.5) is 0 Å². The molecule has 0 bridgehead atoms. The molecule has 1 aliphatic heterocycles. The molecular weight excluding hydrogens is 508 g/mol. The molecule has 158 valence electrons. The molecule has 0 radical (unpaired) electrons. The fraction of sp³-hybridized carbons (Fsp3) is 0. The summed E-state index contributed by atoms with van der Waals surface area (Å²) in [6.45, 7) is 0. The average molecular weight is 532 g/mol. The van der Waals surface area contributed by atoms with E-state index in [1.165, 1.54) is 25.2 Å². The molecule has 1 nitrogen and oxygen atoms in total. The molecule has 0 fully saturated rings. The summed E-state index contributed by atoms with van der Waals surface area (Å²) in [5, 5.41) is 0. The van der Waals surface area contributed by atoms with Crippen molar-refractivity contribution in [2.24, 2.45) is 3.15 Å². The van der Waals surface area contributed by atoms with Crippen LogP contribution >= 0.6 is 0 Å². The molecule has 0 saturated carbocycles. The van der Waals surface area contributed by atoms with Crippen molar-refractivity contribution in [2.75, 3.05) is 0 Å². The standard InChI is InChI=1S/C13H9N.3C6H5.Sb/c14-13(11-7-3-1-4-8-11)12-9-5-2-6-10-12;3*1-2-4-6-5-3-1;/h1-9H;3*1-5H;/q-1;;;;+1. The van der Waals surface area contributed by atoms with E-state index in [1.54, 1.807) is 0 Å². The molecule has 0 N–H and O–H groups in total. The van der Waals surface area contributed by atoms with Gasteiger partial charge in [0.25, 0.3) is 0 Å². The van der Waals surface area contributed by atoms with E-state index in [4.69, 9.17) is 3.15 Å². The number of benzene rings is 5. The summed E-state index contributed by atoms with van der Waals surface area (Å²) in [6, 6.07) is 52.7. The molecule has 0 aliphatic carbocycles. The van der Waals surface area contributed by atoms with E-state index in [0.717, 1.165) is 5.71 Å². The van der Waals surface area contributed by atoms with Crippen molar-refractivity contribution in [3.05, 3.63) is 157 Å². The van der Waals surface area contributed by atoms with Gasteiger partial charge in [0.2, 0.25) is 0 Å². The summed E-state index contributed by atoms with van der Waals surface area (Å²) in [5.41, 5.74) is 3.52. The van der Waals surface area contributed by atoms with Gasteiger partial charge in [0.1, 0.15) is 0 Å². The minimum absolute atomic E-state index is 1.10. The second kappa shape index (κ2) is 7.87. The third kappa shape index (κ3) is 2.76. The van der Waals surface area contributed by atoms with Gasteiger partial charge in [-0.15, -0.1) is 0 Å². The van der Waals surface area contributed by atoms with Crippen molar-refractivity contribution in [3.63, 3.8) is 0 Å². The zero-order valence-electron chi connectivity index (χ0n) is 18.3. The van der Waals surface area contributed by atoms with Crippen LogP contribution in [0.15, 0.2) is 149 Å². The van der Waals surface area contributed by atoms with Crippen molar-refractivity contribution in [3.8, 4) is 0 Å². The number of fused-ring (bicyclic) bond motifs is 1. The molecule has 1 heterocycles. The second-order valence-electron chi connectivity index (χ2n) is 8.41. The van der Waals surface area contributed by atoms with Gasteiger partial charge in [0, 0.05) is 0 Å². The van der Waals surface area contributed by atoms with E-state index < -0.39 is 17.7 Å². The van der Waals surface area contributed by atoms with Crippen LogP contribution in [-0.2, 0) is 0 Å². The Labute approximate surface area is 196 Å². The molecule has 2 heteroatoms. The van der Waals surface area contributed by atoms with Gasteiger partial charge < -0.3 is 0 Å². The number of rotatable bonds is 4. The minimum atomic E-state index is -4.59. The molecule has 0 amide bonds. The summed E-state index contributed by atoms with van der Waals surface area (Å²) >= 11 is -4.59. The fourth-order valence-electron chi connectivity index (χ4n) is 5.36. The summed E-state index contributed by atoms with van der Waals surface area (Å²) in [4.78, 5) is 0. The predicted octanol–water partition coefficient (Wildman–Crippen LogP) is 4.37. The quantitative estimate of drug-likeness (QED) is 0.305. The van der Waals surface area contributed by atoms with Crippen molar-refractivity contribution < 1.29 is 0 Å². The van der Waals surface area contributed by atoms with E-state index in [0.29, 0.717) is 0 Å². The molecule has 0 atom stereocenters. The first-order valence-corrected chi connectivity index (χ1v) is 17.5. The summed E-state index contributed by atoms with van der Waals surface area (Å²) in [6.07, 6.45) is 0. The van der Waals surface area contributed by atoms with Gasteiger partial charge in [0.15, 0.2) is 0 Å². The van der Waals surface area contributed by atoms with Gasteiger partial charge in [0.05, 0.1) is 0 Å². The molecule has 0 saturated heterocycles. The van der Waals surface area contributed by atoms with Crippen molar-refractivity contribution in [1.29, 1.82) is 0 Å². The SMILES string of the molecule is c1ccc(C2=[N][Sb]([c]3ccccc3)([c]3ccccc3)([c]3ccccc3)[c]3ccccc32)cc1. The first kappa shape index (κ1) is 20.2. The van der Waals surface area contributed by atoms with Gasteiger partial charge >= 0.3 is 197 Å². The van der Waals surface area contributed by atoms with Gasteiger partial charge in [-0.25, -0.2) is 0 Å². The van der Waals surface area contributed by atoms with Crippen molar-refractivity contribution in [2.45, 2.75) is 0 Å². The maximum absolute atomic E-state index is 6.02. The Morgan fingerprint density at radius 3 is 1.27 bits per heavy atom. The molecule has 33 heavy (non-hydrogen) atoms. The van der Waals surface area contributed by atoms with Gasteiger partial charge in [-0.2, -0.15) is 0 Å². The Bertz CT molecular complexity index is 1340. The first-order chi connectivity index (χ1) is 16.3. The molecule has 5 aromatic carbocycles. The predicted molar refractivity (Wildman–Crippen MR) is 142 cm³/mol. The van der Waals surface area contributed by atoms with E-state index in [-0.39, 0.29) is 0 Å². The molecular formula is C31H24NSb. The number of hydrogen-bond acceptors (Lipinski definition) is 1. The van der Waals surface area contributed by atoms with E-state index in [9.17, 15) is 0 Å². The van der Waals surface area contributed by atoms with Gasteiger partial charge in [-0.05, 0) is 0 Å². The van der Waals surface area contributed by atoms with E-state index in [2.05, 4.69) is 146 Å². The summed E-state index contributed by atoms with van der Waals surface area (Å²) in [5.74, 6) is 0. The third-order valence-electron chi connectivity index (χ3n) is 6.75. The molecule has 0 spiro atoms. The molecule has 1 aliphatic rings. The molecule has 0 unspecified atom stereocenters. The number of nitrogens with zero attached hydrogens (tertiary/aromatic N) is 1. The van der Waals surface area contributed by atoms with Crippen molar-refractivity contribution in [1.82, 2.24) is 0 Å². The van der Waals surface area contributed by atoms with Crippen molar-refractivity contribution >= 4 is 37.4 Å². The van der Waals surface area contributed by atoms with Crippen LogP contribution in [-0.4, -0.2) is 23.4 Å². The fourth-order valence-corrected chi connectivity index (χ4v) is 22.7. The van der Waals surface area contributed by atoms with Crippen LogP contribution in [0.1, 0.15) is 11.1 Å². The topological polar surface area (TPSA) is 12.4 Å². The first-order valence-electron chi connectivity index (χ1n) is 11.3. The van der Waals surface area contributed by atoms with Gasteiger partial charge in [-0.3, -0.25) is 0 Å². The summed E-state index contributed by atoms with van der Waals surface area (Å²) < 4.78 is 11.4. The zero-order chi connectivity index (χ0) is 22.2. The van der Waals surface area contributed by atoms with E-state index >= 15 is 0 Å². The number of hydrogen-bond donors (Lipinski definition) is 0. The Balaban J connectivity index is 1.90. The van der Waals surface area contributed by atoms with Crippen LogP contribution in [0, 0.1) is 0 Å². The van der Waals surface area contributed by atoms with Crippen LogP contribution in [0.5, 0.6) is 0 Å². The second-order valence-corrected chi connectivity index (χ2v) is 20.9. The molecule has 5 aromatic rings. The normalized spacial score (nSPS) is 16.7. The monoisotopic (exact) mass is 531 g/mol. The van der Waals surface area contributed by atoms with Crippen LogP contribution in [0.2, 0.25) is 0 Å². The van der Waals surface area contributed by atoms with Gasteiger partial charge in [-0.1, -0.05) is 0 Å². The van der Waals surface area contributed by atoms with Crippen LogP contribution in [0.25, 0.3) is 0 Å². The Morgan fingerprint density at radius 1 is 0.394 bits per heavy atom. The maximum atomic E-state index is 6.02. The zero-order valence-corrected chi connectivity index (χ0v) is 20.8. The Hall–Kier alpha value is -3.41.